The van der Waals surface area contributed by atoms with Crippen LogP contribution in [0.15, 0.2) is 53.4 Å². The van der Waals surface area contributed by atoms with Crippen molar-refractivity contribution in [2.24, 2.45) is 5.41 Å². The number of amides is 1. The van der Waals surface area contributed by atoms with Crippen molar-refractivity contribution in [3.63, 3.8) is 0 Å². The van der Waals surface area contributed by atoms with Crippen LogP contribution >= 0.6 is 11.6 Å². The molecule has 2 rings (SSSR count). The molecule has 0 aliphatic rings. The zero-order chi connectivity index (χ0) is 18.7. The van der Waals surface area contributed by atoms with E-state index in [9.17, 15) is 13.2 Å². The molecule has 0 saturated carbocycles. The molecule has 2 aromatic carbocycles. The van der Waals surface area contributed by atoms with E-state index in [4.69, 9.17) is 11.6 Å². The molecule has 0 radical (unpaired) electrons. The Labute approximate surface area is 153 Å². The van der Waals surface area contributed by atoms with Crippen molar-refractivity contribution in [3.8, 4) is 0 Å². The number of hydrogen-bond acceptors (Lipinski definition) is 3. The van der Waals surface area contributed by atoms with Crippen LogP contribution in [0.4, 0.5) is 11.4 Å². The van der Waals surface area contributed by atoms with Crippen molar-refractivity contribution in [2.45, 2.75) is 32.1 Å². The van der Waals surface area contributed by atoms with Crippen LogP contribution in [0.1, 0.15) is 27.2 Å². The first-order valence-corrected chi connectivity index (χ1v) is 9.71. The average molecular weight is 381 g/mol. The normalized spacial score (nSPS) is 11.8. The number of hydrogen-bond donors (Lipinski definition) is 2. The minimum atomic E-state index is -3.82. The van der Waals surface area contributed by atoms with Gasteiger partial charge in [-0.2, -0.15) is 0 Å². The molecule has 0 aliphatic heterocycles. The topological polar surface area (TPSA) is 75.3 Å². The predicted octanol–water partition coefficient (Wildman–Crippen LogP) is 4.52. The maximum atomic E-state index is 12.6. The molecular weight excluding hydrogens is 360 g/mol. The quantitative estimate of drug-likeness (QED) is 0.773. The Morgan fingerprint density at radius 1 is 1.12 bits per heavy atom. The van der Waals surface area contributed by atoms with E-state index in [-0.39, 0.29) is 10.8 Å². The molecule has 0 spiro atoms. The van der Waals surface area contributed by atoms with Gasteiger partial charge in [0.2, 0.25) is 5.91 Å². The molecule has 1 amide bonds. The zero-order valence-corrected chi connectivity index (χ0v) is 15.9. The number of anilines is 2. The van der Waals surface area contributed by atoms with Crippen LogP contribution in [0.5, 0.6) is 0 Å². The summed E-state index contributed by atoms with van der Waals surface area (Å²) in [5.74, 6) is -0.163. The van der Waals surface area contributed by atoms with E-state index >= 15 is 0 Å². The van der Waals surface area contributed by atoms with E-state index < -0.39 is 15.4 Å². The highest BCUT2D eigenvalue weighted by atomic mass is 35.5. The molecule has 2 N–H and O–H groups in total. The van der Waals surface area contributed by atoms with Crippen molar-refractivity contribution in [2.75, 3.05) is 10.0 Å². The smallest absolute Gasteiger partial charge is 0.262 e. The fraction of sp³-hybridized carbons (Fsp3) is 0.278. The largest absolute Gasteiger partial charge is 0.326 e. The van der Waals surface area contributed by atoms with Crippen LogP contribution in [0, 0.1) is 5.41 Å². The molecule has 7 heteroatoms. The second-order valence-electron chi connectivity index (χ2n) is 6.30. The minimum Gasteiger partial charge on any atom is -0.326 e. The minimum absolute atomic E-state index is 0.0412. The Morgan fingerprint density at radius 2 is 1.80 bits per heavy atom. The van der Waals surface area contributed by atoms with Gasteiger partial charge in [0.15, 0.2) is 0 Å². The molecule has 0 aromatic heterocycles. The highest BCUT2D eigenvalue weighted by Gasteiger charge is 2.25. The number of halogens is 1. The van der Waals surface area contributed by atoms with Crippen LogP contribution < -0.4 is 10.0 Å². The summed E-state index contributed by atoms with van der Waals surface area (Å²) in [7, 11) is -3.82. The van der Waals surface area contributed by atoms with E-state index in [2.05, 4.69) is 10.0 Å². The first-order chi connectivity index (χ1) is 11.7. The molecule has 0 saturated heterocycles. The lowest BCUT2D eigenvalue weighted by Crippen LogP contribution is -2.30. The zero-order valence-electron chi connectivity index (χ0n) is 14.3. The van der Waals surface area contributed by atoms with Gasteiger partial charge in [-0.25, -0.2) is 8.42 Å². The molecule has 5 nitrogen and oxygen atoms in total. The van der Waals surface area contributed by atoms with Crippen molar-refractivity contribution in [3.05, 3.63) is 53.6 Å². The van der Waals surface area contributed by atoms with Gasteiger partial charge < -0.3 is 5.32 Å². The number of benzene rings is 2. The highest BCUT2D eigenvalue weighted by molar-refractivity contribution is 7.92. The lowest BCUT2D eigenvalue weighted by molar-refractivity contribution is -0.124. The van der Waals surface area contributed by atoms with Gasteiger partial charge in [-0.05, 0) is 36.8 Å². The molecule has 0 atom stereocenters. The Bertz CT molecular complexity index is 879. The van der Waals surface area contributed by atoms with Crippen LogP contribution in [-0.2, 0) is 14.8 Å². The van der Waals surface area contributed by atoms with E-state index in [1.165, 1.54) is 12.1 Å². The monoisotopic (exact) mass is 380 g/mol. The van der Waals surface area contributed by atoms with Gasteiger partial charge in [0, 0.05) is 11.1 Å². The summed E-state index contributed by atoms with van der Waals surface area (Å²) >= 11 is 6.00. The van der Waals surface area contributed by atoms with Gasteiger partial charge in [0.25, 0.3) is 10.0 Å². The summed E-state index contributed by atoms with van der Waals surface area (Å²) in [5, 5.41) is 3.07. The maximum absolute atomic E-state index is 12.6. The van der Waals surface area contributed by atoms with Gasteiger partial charge in [0.1, 0.15) is 0 Å². The SMILES string of the molecule is CCC(C)(C)C(=O)Nc1cccc(S(=O)(=O)Nc2ccccc2Cl)c1. The number of sulfonamides is 1. The predicted molar refractivity (Wildman–Crippen MR) is 101 cm³/mol. The van der Waals surface area contributed by atoms with E-state index in [1.54, 1.807) is 36.4 Å². The summed E-state index contributed by atoms with van der Waals surface area (Å²) in [6.07, 6.45) is 0.672. The summed E-state index contributed by atoms with van der Waals surface area (Å²) in [5.41, 5.74) is 0.185. The maximum Gasteiger partial charge on any atom is 0.262 e. The summed E-state index contributed by atoms with van der Waals surface area (Å²) in [6, 6.07) is 12.7. The first kappa shape index (κ1) is 19.3. The Kier molecular flexibility index (Phi) is 5.75. The van der Waals surface area contributed by atoms with Gasteiger partial charge in [0.05, 0.1) is 15.6 Å². The van der Waals surface area contributed by atoms with Crippen molar-refractivity contribution in [1.82, 2.24) is 0 Å². The van der Waals surface area contributed by atoms with Crippen molar-refractivity contribution < 1.29 is 13.2 Å². The van der Waals surface area contributed by atoms with E-state index in [0.29, 0.717) is 22.8 Å². The van der Waals surface area contributed by atoms with E-state index in [0.717, 1.165) is 0 Å². The standard InChI is InChI=1S/C18H21ClN2O3S/c1-4-18(2,3)17(22)20-13-8-7-9-14(12-13)25(23,24)21-16-11-6-5-10-15(16)19/h5-12,21H,4H2,1-3H3,(H,20,22). The summed E-state index contributed by atoms with van der Waals surface area (Å²) in [6.45, 7) is 5.59. The third-order valence-electron chi connectivity index (χ3n) is 4.02. The van der Waals surface area contributed by atoms with Crippen LogP contribution in [0.25, 0.3) is 0 Å². The van der Waals surface area contributed by atoms with Gasteiger partial charge in [-0.1, -0.05) is 50.6 Å². The van der Waals surface area contributed by atoms with Crippen molar-refractivity contribution in [1.29, 1.82) is 0 Å². The van der Waals surface area contributed by atoms with Crippen LogP contribution in [0.2, 0.25) is 5.02 Å². The fourth-order valence-corrected chi connectivity index (χ4v) is 3.31. The first-order valence-electron chi connectivity index (χ1n) is 7.84. The third-order valence-corrected chi connectivity index (χ3v) is 5.71. The Balaban J connectivity index is 2.26. The van der Waals surface area contributed by atoms with Gasteiger partial charge in [-0.3, -0.25) is 9.52 Å². The number of para-hydroxylation sites is 1. The second-order valence-corrected chi connectivity index (χ2v) is 8.39. The third kappa shape index (κ3) is 4.74. The second kappa shape index (κ2) is 7.45. The van der Waals surface area contributed by atoms with Crippen LogP contribution in [-0.4, -0.2) is 14.3 Å². The molecule has 25 heavy (non-hydrogen) atoms. The number of rotatable bonds is 6. The molecule has 2 aromatic rings. The lowest BCUT2D eigenvalue weighted by atomic mass is 9.89. The molecule has 0 bridgehead atoms. The number of nitrogens with one attached hydrogen (secondary N) is 2. The van der Waals surface area contributed by atoms with Crippen molar-refractivity contribution >= 4 is 38.9 Å². The van der Waals surface area contributed by atoms with E-state index in [1.807, 2.05) is 20.8 Å². The summed E-state index contributed by atoms with van der Waals surface area (Å²) in [4.78, 5) is 12.3. The average Bonchev–Trinajstić information content (AvgIpc) is 2.57. The molecule has 0 aliphatic carbocycles. The molecular formula is C18H21ClN2O3S. The lowest BCUT2D eigenvalue weighted by Gasteiger charge is -2.21. The Morgan fingerprint density at radius 3 is 2.44 bits per heavy atom. The molecule has 0 fully saturated rings. The molecule has 134 valence electrons. The summed E-state index contributed by atoms with van der Waals surface area (Å²) < 4.78 is 27.6. The molecule has 0 heterocycles. The number of carbonyl (C=O) groups excluding carboxylic acids is 1. The van der Waals surface area contributed by atoms with Gasteiger partial charge in [-0.15, -0.1) is 0 Å². The number of carbonyl (C=O) groups is 1. The molecule has 0 unspecified atom stereocenters. The fourth-order valence-electron chi connectivity index (χ4n) is 1.95. The highest BCUT2D eigenvalue weighted by Crippen LogP contribution is 2.26. The van der Waals surface area contributed by atoms with Gasteiger partial charge >= 0.3 is 0 Å². The Hall–Kier alpha value is -2.05. The van der Waals surface area contributed by atoms with Crippen LogP contribution in [0.3, 0.4) is 0 Å².